The van der Waals surface area contributed by atoms with E-state index < -0.39 is 12.1 Å². The summed E-state index contributed by atoms with van der Waals surface area (Å²) in [4.78, 5) is 10.5. The van der Waals surface area contributed by atoms with Gasteiger partial charge in [0.15, 0.2) is 6.10 Å². The number of aliphatic carboxylic acids is 1. The van der Waals surface area contributed by atoms with Gasteiger partial charge in [-0.2, -0.15) is 0 Å². The molecule has 2 rings (SSSR count). The lowest BCUT2D eigenvalue weighted by atomic mass is 10.1. The zero-order chi connectivity index (χ0) is 11.5. The number of aliphatic hydroxyl groups excluding tert-OH is 1. The molecule has 1 aliphatic carbocycles. The number of ether oxygens (including phenoxy) is 1. The normalized spacial score (nSPS) is 16.8. The first kappa shape index (κ1) is 11.0. The summed E-state index contributed by atoms with van der Waals surface area (Å²) >= 11 is 0. The Labute approximate surface area is 93.5 Å². The maximum absolute atomic E-state index is 10.5. The fraction of sp³-hybridized carbons (Fsp3) is 0.417. The van der Waals surface area contributed by atoms with Crippen LogP contribution in [0.4, 0.5) is 0 Å². The summed E-state index contributed by atoms with van der Waals surface area (Å²) in [6, 6.07) is 7.22. The fourth-order valence-electron chi connectivity index (χ4n) is 1.43. The molecule has 4 nitrogen and oxygen atoms in total. The van der Waals surface area contributed by atoms with Crippen LogP contribution in [0.2, 0.25) is 0 Å². The van der Waals surface area contributed by atoms with Gasteiger partial charge in [-0.3, -0.25) is 0 Å². The minimum absolute atomic E-state index is 0.108. The monoisotopic (exact) mass is 222 g/mol. The van der Waals surface area contributed by atoms with Crippen molar-refractivity contribution in [3.05, 3.63) is 29.8 Å². The average molecular weight is 222 g/mol. The van der Waals surface area contributed by atoms with Crippen LogP contribution in [0, 0.1) is 0 Å². The number of carbonyl (C=O) groups is 1. The number of carboxylic acids is 1. The molecule has 1 aromatic carbocycles. The van der Waals surface area contributed by atoms with Crippen LogP contribution < -0.4 is 4.74 Å². The summed E-state index contributed by atoms with van der Waals surface area (Å²) in [7, 11) is 0. The van der Waals surface area contributed by atoms with Crippen molar-refractivity contribution >= 4 is 5.97 Å². The van der Waals surface area contributed by atoms with Gasteiger partial charge in [-0.05, 0) is 30.5 Å². The third-order valence-electron chi connectivity index (χ3n) is 2.44. The van der Waals surface area contributed by atoms with Gasteiger partial charge in [0.2, 0.25) is 0 Å². The number of hydrogen-bond acceptors (Lipinski definition) is 3. The smallest absolute Gasteiger partial charge is 0.332 e. The van der Waals surface area contributed by atoms with Crippen LogP contribution in [0.5, 0.6) is 5.75 Å². The van der Waals surface area contributed by atoms with Crippen molar-refractivity contribution in [3.63, 3.8) is 0 Å². The zero-order valence-electron chi connectivity index (χ0n) is 8.80. The number of carboxylic acid groups (broad SMARTS) is 1. The number of aliphatic hydroxyl groups is 1. The van der Waals surface area contributed by atoms with Gasteiger partial charge in [-0.15, -0.1) is 0 Å². The molecule has 0 spiro atoms. The van der Waals surface area contributed by atoms with Crippen LogP contribution in [0.1, 0.15) is 18.4 Å². The fourth-order valence-corrected chi connectivity index (χ4v) is 1.43. The van der Waals surface area contributed by atoms with E-state index in [1.807, 2.05) is 12.1 Å². The maximum atomic E-state index is 10.5. The molecule has 0 radical (unpaired) electrons. The predicted molar refractivity (Wildman–Crippen MR) is 57.4 cm³/mol. The lowest BCUT2D eigenvalue weighted by Gasteiger charge is -2.08. The Kier molecular flexibility index (Phi) is 3.10. The summed E-state index contributed by atoms with van der Waals surface area (Å²) in [6.07, 6.45) is 1.25. The van der Waals surface area contributed by atoms with E-state index in [9.17, 15) is 9.90 Å². The van der Waals surface area contributed by atoms with Gasteiger partial charge in [0, 0.05) is 6.42 Å². The van der Waals surface area contributed by atoms with Crippen LogP contribution >= 0.6 is 0 Å². The standard InChI is InChI=1S/C12H14O4/c13-11(12(14)15)7-8-2-1-3-10(6-8)16-9-4-5-9/h1-3,6,9,11,13H,4-5,7H2,(H,14,15). The Balaban J connectivity index is 2.00. The molecule has 0 amide bonds. The molecule has 0 saturated heterocycles. The van der Waals surface area contributed by atoms with Gasteiger partial charge in [0.05, 0.1) is 6.10 Å². The van der Waals surface area contributed by atoms with Crippen LogP contribution in [-0.4, -0.2) is 28.4 Å². The molecule has 2 N–H and O–H groups in total. The first-order valence-electron chi connectivity index (χ1n) is 5.31. The van der Waals surface area contributed by atoms with Crippen molar-refractivity contribution < 1.29 is 19.7 Å². The second-order valence-electron chi connectivity index (χ2n) is 4.02. The highest BCUT2D eigenvalue weighted by atomic mass is 16.5. The molecular weight excluding hydrogens is 208 g/mol. The predicted octanol–water partition coefficient (Wildman–Crippen LogP) is 1.22. The summed E-state index contributed by atoms with van der Waals surface area (Å²) in [5.41, 5.74) is 0.771. The van der Waals surface area contributed by atoms with E-state index in [1.54, 1.807) is 12.1 Å². The molecule has 1 aliphatic rings. The highest BCUT2D eigenvalue weighted by Crippen LogP contribution is 2.27. The Morgan fingerprint density at radius 1 is 1.50 bits per heavy atom. The summed E-state index contributed by atoms with van der Waals surface area (Å²) < 4.78 is 5.58. The Hall–Kier alpha value is -1.55. The van der Waals surface area contributed by atoms with Crippen LogP contribution in [0.25, 0.3) is 0 Å². The highest BCUT2D eigenvalue weighted by molar-refractivity contribution is 5.72. The van der Waals surface area contributed by atoms with E-state index in [-0.39, 0.29) is 6.42 Å². The van der Waals surface area contributed by atoms with Gasteiger partial charge < -0.3 is 14.9 Å². The third kappa shape index (κ3) is 2.97. The third-order valence-corrected chi connectivity index (χ3v) is 2.44. The summed E-state index contributed by atoms with van der Waals surface area (Å²) in [6.45, 7) is 0. The summed E-state index contributed by atoms with van der Waals surface area (Å²) in [5, 5.41) is 17.8. The van der Waals surface area contributed by atoms with Gasteiger partial charge in [-0.1, -0.05) is 12.1 Å². The van der Waals surface area contributed by atoms with Crippen LogP contribution in [-0.2, 0) is 11.2 Å². The molecule has 0 heterocycles. The van der Waals surface area contributed by atoms with E-state index in [0.717, 1.165) is 24.2 Å². The van der Waals surface area contributed by atoms with Crippen molar-refractivity contribution in [1.29, 1.82) is 0 Å². The lowest BCUT2D eigenvalue weighted by molar-refractivity contribution is -0.146. The lowest BCUT2D eigenvalue weighted by Crippen LogP contribution is -2.21. The van der Waals surface area contributed by atoms with E-state index in [4.69, 9.17) is 9.84 Å². The molecule has 0 aromatic heterocycles. The van der Waals surface area contributed by atoms with E-state index in [0.29, 0.717) is 6.10 Å². The summed E-state index contributed by atoms with van der Waals surface area (Å²) in [5.74, 6) is -0.453. The van der Waals surface area contributed by atoms with E-state index >= 15 is 0 Å². The second kappa shape index (κ2) is 4.53. The van der Waals surface area contributed by atoms with Crippen molar-refractivity contribution in [1.82, 2.24) is 0 Å². The quantitative estimate of drug-likeness (QED) is 0.786. The molecule has 1 saturated carbocycles. The van der Waals surface area contributed by atoms with Gasteiger partial charge >= 0.3 is 5.97 Å². The highest BCUT2D eigenvalue weighted by Gasteiger charge is 2.23. The topological polar surface area (TPSA) is 66.8 Å². The van der Waals surface area contributed by atoms with Crippen LogP contribution in [0.3, 0.4) is 0 Å². The Morgan fingerprint density at radius 3 is 2.88 bits per heavy atom. The molecule has 1 unspecified atom stereocenters. The van der Waals surface area contributed by atoms with Crippen LogP contribution in [0.15, 0.2) is 24.3 Å². The number of rotatable bonds is 5. The van der Waals surface area contributed by atoms with Gasteiger partial charge in [0.1, 0.15) is 5.75 Å². The Bertz CT molecular complexity index is 384. The minimum Gasteiger partial charge on any atom is -0.490 e. The van der Waals surface area contributed by atoms with Gasteiger partial charge in [-0.25, -0.2) is 4.79 Å². The van der Waals surface area contributed by atoms with Gasteiger partial charge in [0.25, 0.3) is 0 Å². The molecule has 0 bridgehead atoms. The number of hydrogen-bond donors (Lipinski definition) is 2. The van der Waals surface area contributed by atoms with Crippen molar-refractivity contribution in [2.24, 2.45) is 0 Å². The van der Waals surface area contributed by atoms with E-state index in [1.165, 1.54) is 0 Å². The number of benzene rings is 1. The van der Waals surface area contributed by atoms with E-state index in [2.05, 4.69) is 0 Å². The molecule has 16 heavy (non-hydrogen) atoms. The molecule has 4 heteroatoms. The molecule has 1 aromatic rings. The molecule has 1 fully saturated rings. The maximum Gasteiger partial charge on any atom is 0.332 e. The molecule has 86 valence electrons. The first-order valence-corrected chi connectivity index (χ1v) is 5.31. The van der Waals surface area contributed by atoms with Crippen molar-refractivity contribution in [2.75, 3.05) is 0 Å². The van der Waals surface area contributed by atoms with Crippen molar-refractivity contribution in [2.45, 2.75) is 31.5 Å². The molecule has 0 aliphatic heterocycles. The Morgan fingerprint density at radius 2 is 2.25 bits per heavy atom. The van der Waals surface area contributed by atoms with Crippen molar-refractivity contribution in [3.8, 4) is 5.75 Å². The average Bonchev–Trinajstić information content (AvgIpc) is 3.02. The SMILES string of the molecule is O=C(O)C(O)Cc1cccc(OC2CC2)c1. The largest absolute Gasteiger partial charge is 0.490 e. The zero-order valence-corrected chi connectivity index (χ0v) is 8.80. The molecule has 1 atom stereocenters. The molecular formula is C12H14O4. The second-order valence-corrected chi connectivity index (χ2v) is 4.02. The first-order chi connectivity index (χ1) is 7.65. The minimum atomic E-state index is -1.35.